The molecule has 1 saturated heterocycles. The van der Waals surface area contributed by atoms with Crippen LogP contribution in [-0.4, -0.2) is 65.7 Å². The van der Waals surface area contributed by atoms with E-state index in [-0.39, 0.29) is 18.5 Å². The van der Waals surface area contributed by atoms with Gasteiger partial charge in [0.15, 0.2) is 0 Å². The molecule has 0 radical (unpaired) electrons. The van der Waals surface area contributed by atoms with Crippen molar-refractivity contribution in [1.29, 1.82) is 0 Å². The number of nitrogens with zero attached hydrogens (tertiary/aromatic N) is 2. The number of carboxylic acid groups (broad SMARTS) is 1. The van der Waals surface area contributed by atoms with Crippen LogP contribution in [0.15, 0.2) is 0 Å². The van der Waals surface area contributed by atoms with Crippen LogP contribution in [0.25, 0.3) is 0 Å². The molecule has 0 aromatic carbocycles. The monoisotopic (exact) mass is 297 g/mol. The Kier molecular flexibility index (Phi) is 5.85. The minimum Gasteiger partial charge on any atom is -0.481 e. The van der Waals surface area contributed by atoms with Gasteiger partial charge in [0.2, 0.25) is 0 Å². The average Bonchev–Trinajstić information content (AvgIpc) is 3.30. The molecule has 120 valence electrons. The van der Waals surface area contributed by atoms with E-state index in [0.29, 0.717) is 19.0 Å². The van der Waals surface area contributed by atoms with Crippen LogP contribution in [-0.2, 0) is 4.79 Å². The number of carbonyl (C=O) groups excluding carboxylic acids is 1. The first-order valence-electron chi connectivity index (χ1n) is 8.08. The number of carbonyl (C=O) groups is 2. The SMILES string of the molecule is CCN1CCC(CNC(=O)N(CCC(=O)O)C2CC2)CC1. The molecule has 2 fully saturated rings. The predicted molar refractivity (Wildman–Crippen MR) is 80.2 cm³/mol. The summed E-state index contributed by atoms with van der Waals surface area (Å²) in [6, 6.07) is 0.169. The van der Waals surface area contributed by atoms with Gasteiger partial charge >= 0.3 is 12.0 Å². The van der Waals surface area contributed by atoms with Gasteiger partial charge in [0, 0.05) is 19.1 Å². The molecule has 1 saturated carbocycles. The lowest BCUT2D eigenvalue weighted by atomic mass is 9.97. The van der Waals surface area contributed by atoms with Crippen molar-refractivity contribution < 1.29 is 14.7 Å². The number of aliphatic carboxylic acids is 1. The molecule has 0 bridgehead atoms. The van der Waals surface area contributed by atoms with Crippen molar-refractivity contribution in [3.8, 4) is 0 Å². The smallest absolute Gasteiger partial charge is 0.317 e. The molecule has 1 aliphatic carbocycles. The van der Waals surface area contributed by atoms with E-state index >= 15 is 0 Å². The Labute approximate surface area is 126 Å². The summed E-state index contributed by atoms with van der Waals surface area (Å²) in [6.07, 6.45) is 4.29. The second-order valence-electron chi connectivity index (χ2n) is 6.13. The van der Waals surface area contributed by atoms with Crippen LogP contribution >= 0.6 is 0 Å². The molecule has 1 aliphatic heterocycles. The summed E-state index contributed by atoms with van der Waals surface area (Å²) in [6.45, 7) is 6.54. The van der Waals surface area contributed by atoms with Gasteiger partial charge < -0.3 is 20.2 Å². The third-order valence-electron chi connectivity index (χ3n) is 4.51. The minimum absolute atomic E-state index is 0.0266. The molecule has 0 spiro atoms. The molecule has 0 atom stereocenters. The van der Waals surface area contributed by atoms with Crippen molar-refractivity contribution in [1.82, 2.24) is 15.1 Å². The number of hydrogen-bond donors (Lipinski definition) is 2. The molecule has 0 aromatic rings. The van der Waals surface area contributed by atoms with Gasteiger partial charge in [-0.25, -0.2) is 4.79 Å². The van der Waals surface area contributed by atoms with E-state index in [9.17, 15) is 9.59 Å². The van der Waals surface area contributed by atoms with E-state index in [1.54, 1.807) is 4.90 Å². The van der Waals surface area contributed by atoms with Crippen molar-refractivity contribution in [2.24, 2.45) is 5.92 Å². The minimum atomic E-state index is -0.847. The molecular weight excluding hydrogens is 270 g/mol. The van der Waals surface area contributed by atoms with Gasteiger partial charge in [0.25, 0.3) is 0 Å². The first kappa shape index (κ1) is 16.1. The lowest BCUT2D eigenvalue weighted by Gasteiger charge is -2.31. The van der Waals surface area contributed by atoms with Crippen LogP contribution in [0.4, 0.5) is 4.79 Å². The van der Waals surface area contributed by atoms with Gasteiger partial charge in [0.05, 0.1) is 6.42 Å². The zero-order valence-corrected chi connectivity index (χ0v) is 12.9. The number of rotatable bonds is 7. The van der Waals surface area contributed by atoms with Crippen molar-refractivity contribution in [3.05, 3.63) is 0 Å². The number of urea groups is 1. The second-order valence-corrected chi connectivity index (χ2v) is 6.13. The summed E-state index contributed by atoms with van der Waals surface area (Å²) in [5.74, 6) is -0.294. The number of amides is 2. The van der Waals surface area contributed by atoms with Gasteiger partial charge in [-0.1, -0.05) is 6.92 Å². The van der Waals surface area contributed by atoms with E-state index in [1.165, 1.54) is 0 Å². The highest BCUT2D eigenvalue weighted by molar-refractivity contribution is 5.76. The summed E-state index contributed by atoms with van der Waals surface area (Å²) < 4.78 is 0. The maximum atomic E-state index is 12.2. The molecule has 21 heavy (non-hydrogen) atoms. The zero-order chi connectivity index (χ0) is 15.2. The topological polar surface area (TPSA) is 72.9 Å². The van der Waals surface area contributed by atoms with Crippen LogP contribution in [0.2, 0.25) is 0 Å². The predicted octanol–water partition coefficient (Wildman–Crippen LogP) is 1.37. The Bertz CT molecular complexity index is 363. The number of nitrogens with one attached hydrogen (secondary N) is 1. The molecule has 6 heteroatoms. The maximum absolute atomic E-state index is 12.2. The summed E-state index contributed by atoms with van der Waals surface area (Å²) in [7, 11) is 0. The first-order valence-corrected chi connectivity index (χ1v) is 8.08. The third-order valence-corrected chi connectivity index (χ3v) is 4.51. The van der Waals surface area contributed by atoms with Gasteiger partial charge in [0.1, 0.15) is 0 Å². The van der Waals surface area contributed by atoms with Crippen molar-refractivity contribution >= 4 is 12.0 Å². The number of piperidine rings is 1. The largest absolute Gasteiger partial charge is 0.481 e. The normalized spacial score (nSPS) is 20.2. The highest BCUT2D eigenvalue weighted by Gasteiger charge is 2.32. The molecular formula is C15H27N3O3. The van der Waals surface area contributed by atoms with E-state index in [4.69, 9.17) is 5.11 Å². The lowest BCUT2D eigenvalue weighted by Crippen LogP contribution is -2.45. The molecule has 2 amide bonds. The maximum Gasteiger partial charge on any atom is 0.317 e. The fourth-order valence-electron chi connectivity index (χ4n) is 2.89. The molecule has 6 nitrogen and oxygen atoms in total. The number of likely N-dealkylation sites (tertiary alicyclic amines) is 1. The van der Waals surface area contributed by atoms with Crippen LogP contribution in [0.5, 0.6) is 0 Å². The van der Waals surface area contributed by atoms with Gasteiger partial charge in [-0.15, -0.1) is 0 Å². The molecule has 0 unspecified atom stereocenters. The van der Waals surface area contributed by atoms with Crippen molar-refractivity contribution in [2.75, 3.05) is 32.7 Å². The van der Waals surface area contributed by atoms with Crippen LogP contribution in [0, 0.1) is 5.92 Å². The summed E-state index contributed by atoms with van der Waals surface area (Å²) in [4.78, 5) is 27.0. The Morgan fingerprint density at radius 1 is 1.24 bits per heavy atom. The van der Waals surface area contributed by atoms with Gasteiger partial charge in [-0.2, -0.15) is 0 Å². The van der Waals surface area contributed by atoms with E-state index in [2.05, 4.69) is 17.1 Å². The fraction of sp³-hybridized carbons (Fsp3) is 0.867. The molecule has 2 aliphatic rings. The van der Waals surface area contributed by atoms with Crippen LogP contribution in [0.1, 0.15) is 39.0 Å². The highest BCUT2D eigenvalue weighted by Crippen LogP contribution is 2.27. The van der Waals surface area contributed by atoms with E-state index in [0.717, 1.165) is 45.3 Å². The molecule has 1 heterocycles. The number of carboxylic acids is 1. The van der Waals surface area contributed by atoms with Crippen LogP contribution in [0.3, 0.4) is 0 Å². The van der Waals surface area contributed by atoms with Crippen molar-refractivity contribution in [3.63, 3.8) is 0 Å². The van der Waals surface area contributed by atoms with Crippen LogP contribution < -0.4 is 5.32 Å². The lowest BCUT2D eigenvalue weighted by molar-refractivity contribution is -0.137. The third kappa shape index (κ3) is 5.19. The van der Waals surface area contributed by atoms with E-state index in [1.807, 2.05) is 0 Å². The summed E-state index contributed by atoms with van der Waals surface area (Å²) >= 11 is 0. The average molecular weight is 297 g/mol. The van der Waals surface area contributed by atoms with Crippen molar-refractivity contribution in [2.45, 2.75) is 45.1 Å². The zero-order valence-electron chi connectivity index (χ0n) is 12.9. The molecule has 0 aromatic heterocycles. The summed E-state index contributed by atoms with van der Waals surface area (Å²) in [5.41, 5.74) is 0. The molecule has 2 N–H and O–H groups in total. The first-order chi connectivity index (χ1) is 10.1. The Morgan fingerprint density at radius 3 is 2.43 bits per heavy atom. The highest BCUT2D eigenvalue weighted by atomic mass is 16.4. The van der Waals surface area contributed by atoms with Gasteiger partial charge in [-0.05, 0) is 51.2 Å². The Morgan fingerprint density at radius 2 is 1.90 bits per heavy atom. The van der Waals surface area contributed by atoms with Gasteiger partial charge in [-0.3, -0.25) is 4.79 Å². The second kappa shape index (κ2) is 7.64. The Balaban J connectivity index is 1.71. The Hall–Kier alpha value is -1.30. The standard InChI is InChI=1S/C15H27N3O3/c1-2-17-8-5-12(6-9-17)11-16-15(21)18(13-3-4-13)10-7-14(19)20/h12-13H,2-11H2,1H3,(H,16,21)(H,19,20). The van der Waals surface area contributed by atoms with E-state index < -0.39 is 5.97 Å². The number of hydrogen-bond acceptors (Lipinski definition) is 3. The molecule has 2 rings (SSSR count). The summed E-state index contributed by atoms with van der Waals surface area (Å²) in [5, 5.41) is 11.8. The quantitative estimate of drug-likeness (QED) is 0.744. The fourth-order valence-corrected chi connectivity index (χ4v) is 2.89.